The number of carbonyl (C=O) groups excluding carboxylic acids is 2. The Hall–Kier alpha value is -2.90. The zero-order valence-corrected chi connectivity index (χ0v) is 13.9. The number of nitrogens with one attached hydrogen (secondary N) is 2. The highest BCUT2D eigenvalue weighted by atomic mass is 16.5. The highest BCUT2D eigenvalue weighted by Gasteiger charge is 2.21. The van der Waals surface area contributed by atoms with Gasteiger partial charge in [0.25, 0.3) is 0 Å². The van der Waals surface area contributed by atoms with E-state index in [0.29, 0.717) is 11.4 Å². The molecule has 2 amide bonds. The molecule has 1 heterocycles. The van der Waals surface area contributed by atoms with Crippen LogP contribution in [-0.2, 0) is 11.4 Å². The van der Waals surface area contributed by atoms with E-state index in [1.165, 1.54) is 6.92 Å². The van der Waals surface area contributed by atoms with Crippen LogP contribution in [0.3, 0.4) is 0 Å². The van der Waals surface area contributed by atoms with Crippen LogP contribution in [0, 0.1) is 0 Å². The molecule has 0 bridgehead atoms. The maximum Gasteiger partial charge on any atom is 0.316 e. The zero-order chi connectivity index (χ0) is 17.6. The van der Waals surface area contributed by atoms with Gasteiger partial charge in [-0.2, -0.15) is 4.98 Å². The van der Waals surface area contributed by atoms with Gasteiger partial charge in [-0.05, 0) is 25.0 Å². The standard InChI is InChI=1S/C17H20N4O4/c1-11(22)18-13-7-4-8-14(9-13)24-10-15-20-17(25-21-15)16(23)19-12-5-2-3-6-12/h4,7-9,12H,2-3,5-6,10H2,1H3,(H,18,22)(H,19,23). The summed E-state index contributed by atoms with van der Waals surface area (Å²) in [6.07, 6.45) is 4.23. The molecular weight excluding hydrogens is 324 g/mol. The van der Waals surface area contributed by atoms with E-state index < -0.39 is 0 Å². The lowest BCUT2D eigenvalue weighted by molar-refractivity contribution is -0.114. The van der Waals surface area contributed by atoms with Gasteiger partial charge in [-0.3, -0.25) is 9.59 Å². The zero-order valence-electron chi connectivity index (χ0n) is 13.9. The van der Waals surface area contributed by atoms with Crippen LogP contribution in [0.25, 0.3) is 0 Å². The summed E-state index contributed by atoms with van der Waals surface area (Å²) in [6.45, 7) is 1.49. The largest absolute Gasteiger partial charge is 0.485 e. The van der Waals surface area contributed by atoms with E-state index in [9.17, 15) is 9.59 Å². The molecule has 0 unspecified atom stereocenters. The number of hydrogen-bond acceptors (Lipinski definition) is 6. The van der Waals surface area contributed by atoms with E-state index in [0.717, 1.165) is 25.7 Å². The minimum atomic E-state index is -0.349. The van der Waals surface area contributed by atoms with Crippen molar-refractivity contribution >= 4 is 17.5 Å². The van der Waals surface area contributed by atoms with Crippen LogP contribution in [0.15, 0.2) is 28.8 Å². The number of nitrogens with zero attached hydrogens (tertiary/aromatic N) is 2. The highest BCUT2D eigenvalue weighted by Crippen LogP contribution is 2.19. The van der Waals surface area contributed by atoms with Crippen molar-refractivity contribution in [2.75, 3.05) is 5.32 Å². The second-order valence-electron chi connectivity index (χ2n) is 5.97. The number of anilines is 1. The molecule has 0 spiro atoms. The Kier molecular flexibility index (Phi) is 5.27. The van der Waals surface area contributed by atoms with Crippen molar-refractivity contribution in [3.63, 3.8) is 0 Å². The van der Waals surface area contributed by atoms with Gasteiger partial charge in [-0.25, -0.2) is 0 Å². The van der Waals surface area contributed by atoms with E-state index in [1.54, 1.807) is 24.3 Å². The average Bonchev–Trinajstić information content (AvgIpc) is 3.24. The first kappa shape index (κ1) is 16.9. The number of ether oxygens (including phenoxy) is 1. The molecule has 2 aromatic rings. The molecule has 0 radical (unpaired) electrons. The topological polar surface area (TPSA) is 106 Å². The summed E-state index contributed by atoms with van der Waals surface area (Å²) in [4.78, 5) is 27.2. The van der Waals surface area contributed by atoms with E-state index in [2.05, 4.69) is 20.8 Å². The molecule has 0 atom stereocenters. The third-order valence-corrected chi connectivity index (χ3v) is 3.88. The summed E-state index contributed by atoms with van der Waals surface area (Å²) >= 11 is 0. The summed E-state index contributed by atoms with van der Waals surface area (Å²) in [7, 11) is 0. The fourth-order valence-corrected chi connectivity index (χ4v) is 2.74. The molecule has 3 rings (SSSR count). The van der Waals surface area contributed by atoms with Crippen LogP contribution in [0.2, 0.25) is 0 Å². The lowest BCUT2D eigenvalue weighted by atomic mass is 10.2. The Morgan fingerprint density at radius 3 is 2.88 bits per heavy atom. The maximum atomic E-state index is 12.0. The molecule has 0 saturated heterocycles. The fraction of sp³-hybridized carbons (Fsp3) is 0.412. The van der Waals surface area contributed by atoms with Gasteiger partial charge in [-0.1, -0.05) is 24.1 Å². The molecule has 0 aliphatic heterocycles. The second kappa shape index (κ2) is 7.78. The number of benzene rings is 1. The van der Waals surface area contributed by atoms with E-state index >= 15 is 0 Å². The number of carbonyl (C=O) groups is 2. The molecule has 132 valence electrons. The van der Waals surface area contributed by atoms with Crippen molar-refractivity contribution in [2.24, 2.45) is 0 Å². The van der Waals surface area contributed by atoms with E-state index in [-0.39, 0.29) is 36.2 Å². The summed E-state index contributed by atoms with van der Waals surface area (Å²) in [5.41, 5.74) is 0.634. The van der Waals surface area contributed by atoms with Gasteiger partial charge in [0.1, 0.15) is 5.75 Å². The van der Waals surface area contributed by atoms with Crippen molar-refractivity contribution < 1.29 is 18.8 Å². The van der Waals surface area contributed by atoms with Gasteiger partial charge in [0.15, 0.2) is 6.61 Å². The summed E-state index contributed by atoms with van der Waals surface area (Å²) in [5.74, 6) is 0.263. The normalized spacial score (nSPS) is 14.3. The Bertz CT molecular complexity index is 753. The quantitative estimate of drug-likeness (QED) is 0.832. The summed E-state index contributed by atoms with van der Waals surface area (Å²) < 4.78 is 10.6. The molecule has 25 heavy (non-hydrogen) atoms. The molecule has 8 heteroatoms. The minimum Gasteiger partial charge on any atom is -0.485 e. The average molecular weight is 344 g/mol. The lowest BCUT2D eigenvalue weighted by Gasteiger charge is -2.08. The van der Waals surface area contributed by atoms with E-state index in [1.807, 2.05) is 0 Å². The predicted octanol–water partition coefficient (Wildman–Crippen LogP) is 2.28. The van der Waals surface area contributed by atoms with Crippen LogP contribution < -0.4 is 15.4 Å². The third-order valence-electron chi connectivity index (χ3n) is 3.88. The monoisotopic (exact) mass is 344 g/mol. The van der Waals surface area contributed by atoms with Gasteiger partial charge in [-0.15, -0.1) is 0 Å². The molecule has 1 aromatic heterocycles. The second-order valence-corrected chi connectivity index (χ2v) is 5.97. The number of amides is 2. The molecule has 2 N–H and O–H groups in total. The number of hydrogen-bond donors (Lipinski definition) is 2. The van der Waals surface area contributed by atoms with Crippen molar-refractivity contribution in [2.45, 2.75) is 45.3 Å². The smallest absolute Gasteiger partial charge is 0.316 e. The lowest BCUT2D eigenvalue weighted by Crippen LogP contribution is -2.32. The van der Waals surface area contributed by atoms with Crippen LogP contribution in [-0.4, -0.2) is 28.0 Å². The third kappa shape index (κ3) is 4.79. The predicted molar refractivity (Wildman–Crippen MR) is 89.1 cm³/mol. The molecule has 8 nitrogen and oxygen atoms in total. The Balaban J connectivity index is 1.54. The number of aromatic nitrogens is 2. The van der Waals surface area contributed by atoms with Gasteiger partial charge < -0.3 is 19.9 Å². The van der Waals surface area contributed by atoms with Crippen molar-refractivity contribution in [1.82, 2.24) is 15.5 Å². The SMILES string of the molecule is CC(=O)Nc1cccc(OCc2noc(C(=O)NC3CCCC3)n2)c1. The first-order valence-corrected chi connectivity index (χ1v) is 8.24. The van der Waals surface area contributed by atoms with Crippen molar-refractivity contribution in [3.05, 3.63) is 36.0 Å². The van der Waals surface area contributed by atoms with E-state index in [4.69, 9.17) is 9.26 Å². The Morgan fingerprint density at radius 2 is 2.12 bits per heavy atom. The highest BCUT2D eigenvalue weighted by molar-refractivity contribution is 5.89. The maximum absolute atomic E-state index is 12.0. The molecule has 1 aliphatic rings. The van der Waals surface area contributed by atoms with Gasteiger partial charge in [0.2, 0.25) is 11.7 Å². The van der Waals surface area contributed by atoms with Crippen LogP contribution in [0.5, 0.6) is 5.75 Å². The first-order valence-electron chi connectivity index (χ1n) is 8.24. The first-order chi connectivity index (χ1) is 12.1. The van der Waals surface area contributed by atoms with Gasteiger partial charge in [0, 0.05) is 24.7 Å². The molecular formula is C17H20N4O4. The fourth-order valence-electron chi connectivity index (χ4n) is 2.74. The minimum absolute atomic E-state index is 0.0579. The van der Waals surface area contributed by atoms with Crippen LogP contribution in [0.4, 0.5) is 5.69 Å². The van der Waals surface area contributed by atoms with Crippen molar-refractivity contribution in [3.8, 4) is 5.75 Å². The van der Waals surface area contributed by atoms with Crippen LogP contribution >= 0.6 is 0 Å². The van der Waals surface area contributed by atoms with Crippen molar-refractivity contribution in [1.29, 1.82) is 0 Å². The van der Waals surface area contributed by atoms with Gasteiger partial charge >= 0.3 is 11.8 Å². The Morgan fingerprint density at radius 1 is 1.32 bits per heavy atom. The Labute approximate surface area is 144 Å². The summed E-state index contributed by atoms with van der Waals surface area (Å²) in [5, 5.41) is 9.32. The molecule has 1 saturated carbocycles. The number of rotatable bonds is 6. The molecule has 1 fully saturated rings. The summed E-state index contributed by atoms with van der Waals surface area (Å²) in [6, 6.07) is 7.15. The van der Waals surface area contributed by atoms with Gasteiger partial charge in [0.05, 0.1) is 0 Å². The molecule has 1 aromatic carbocycles. The van der Waals surface area contributed by atoms with Crippen LogP contribution in [0.1, 0.15) is 49.1 Å². The molecule has 1 aliphatic carbocycles.